The number of thiophene rings is 1. The van der Waals surface area contributed by atoms with Crippen LogP contribution in [0, 0.1) is 5.92 Å². The Labute approximate surface area is 136 Å². The minimum atomic E-state index is -0.836. The predicted molar refractivity (Wildman–Crippen MR) is 85.4 cm³/mol. The van der Waals surface area contributed by atoms with Gasteiger partial charge in [-0.05, 0) is 25.0 Å². The van der Waals surface area contributed by atoms with Crippen LogP contribution in [0.15, 0.2) is 24.5 Å². The highest BCUT2D eigenvalue weighted by Gasteiger charge is 2.30. The van der Waals surface area contributed by atoms with E-state index in [9.17, 15) is 9.59 Å². The van der Waals surface area contributed by atoms with E-state index in [-0.39, 0.29) is 12.5 Å². The number of hydrogen-bond acceptors (Lipinski definition) is 3. The van der Waals surface area contributed by atoms with Crippen LogP contribution in [-0.4, -0.2) is 40.0 Å². The van der Waals surface area contributed by atoms with Crippen LogP contribution in [0.25, 0.3) is 10.4 Å². The van der Waals surface area contributed by atoms with E-state index >= 15 is 0 Å². The fourth-order valence-corrected chi connectivity index (χ4v) is 3.81. The molecule has 7 heteroatoms. The Morgan fingerprint density at radius 1 is 1.36 bits per heavy atom. The van der Waals surface area contributed by atoms with Crippen LogP contribution in [-0.2, 0) is 4.79 Å². The number of carboxylic acid groups (broad SMARTS) is 1. The lowest BCUT2D eigenvalue weighted by Crippen LogP contribution is -2.42. The smallest absolute Gasteiger partial charge is 0.308 e. The zero-order valence-electron chi connectivity index (χ0n) is 11.7. The molecule has 0 saturated carbocycles. The summed E-state index contributed by atoms with van der Waals surface area (Å²) in [4.78, 5) is 29.4. The first kappa shape index (κ1) is 15.1. The molecule has 1 unspecified atom stereocenters. The number of halogens is 1. The van der Waals surface area contributed by atoms with Crippen molar-refractivity contribution in [3.05, 3.63) is 34.4 Å². The van der Waals surface area contributed by atoms with Gasteiger partial charge >= 0.3 is 5.97 Å². The molecule has 22 heavy (non-hydrogen) atoms. The summed E-state index contributed by atoms with van der Waals surface area (Å²) in [7, 11) is 0. The van der Waals surface area contributed by atoms with Gasteiger partial charge in [-0.25, -0.2) is 0 Å². The van der Waals surface area contributed by atoms with Gasteiger partial charge in [-0.15, -0.1) is 11.3 Å². The molecule has 5 nitrogen and oxygen atoms in total. The summed E-state index contributed by atoms with van der Waals surface area (Å²) in [5.74, 6) is -1.44. The average molecular weight is 339 g/mol. The Kier molecular flexibility index (Phi) is 4.22. The van der Waals surface area contributed by atoms with Crippen LogP contribution in [0.1, 0.15) is 23.2 Å². The Morgan fingerprint density at radius 2 is 2.18 bits per heavy atom. The number of carbonyl (C=O) groups excluding carboxylic acids is 1. The number of aromatic amines is 1. The lowest BCUT2D eigenvalue weighted by atomic mass is 9.97. The average Bonchev–Trinajstić information content (AvgIpc) is 3.15. The van der Waals surface area contributed by atoms with Crippen LogP contribution in [0.3, 0.4) is 0 Å². The van der Waals surface area contributed by atoms with Crippen molar-refractivity contribution in [2.24, 2.45) is 5.92 Å². The first-order valence-corrected chi connectivity index (χ1v) is 8.20. The number of nitrogens with zero attached hydrogens (tertiary/aromatic N) is 1. The number of aromatic nitrogens is 1. The lowest BCUT2D eigenvalue weighted by Gasteiger charge is -2.30. The minimum absolute atomic E-state index is 0.133. The van der Waals surface area contributed by atoms with Gasteiger partial charge in [0.15, 0.2) is 0 Å². The minimum Gasteiger partial charge on any atom is -0.481 e. The number of piperidine rings is 1. The number of hydrogen-bond donors (Lipinski definition) is 2. The molecule has 0 radical (unpaired) electrons. The summed E-state index contributed by atoms with van der Waals surface area (Å²) in [6, 6.07) is 3.67. The van der Waals surface area contributed by atoms with Gasteiger partial charge in [0.25, 0.3) is 5.91 Å². The van der Waals surface area contributed by atoms with E-state index in [1.165, 1.54) is 11.3 Å². The second kappa shape index (κ2) is 6.14. The predicted octanol–water partition coefficient (Wildman–Crippen LogP) is 3.33. The molecule has 2 aromatic heterocycles. The first-order chi connectivity index (χ1) is 10.6. The molecular weight excluding hydrogens is 324 g/mol. The maximum atomic E-state index is 12.7. The number of H-pyrrole nitrogens is 1. The van der Waals surface area contributed by atoms with Crippen molar-refractivity contribution in [3.63, 3.8) is 0 Å². The number of amides is 1. The van der Waals surface area contributed by atoms with Gasteiger partial charge in [0.1, 0.15) is 0 Å². The SMILES string of the molecule is O=C(O)C1CCCN(C(=O)c2c[nH]cc2-c2ccc(Cl)s2)C1. The number of rotatable bonds is 3. The standard InChI is InChI=1S/C15H15ClN2O3S/c16-13-4-3-12(22-13)10-6-17-7-11(10)14(19)18-5-1-2-9(8-18)15(20)21/h3-4,6-7,9,17H,1-2,5,8H2,(H,20,21). The number of aliphatic carboxylic acids is 1. The molecule has 0 spiro atoms. The molecule has 1 fully saturated rings. The molecule has 3 rings (SSSR count). The second-order valence-electron chi connectivity index (χ2n) is 5.32. The number of carboxylic acids is 1. The van der Waals surface area contributed by atoms with Gasteiger partial charge in [-0.2, -0.15) is 0 Å². The summed E-state index contributed by atoms with van der Waals surface area (Å²) in [5.41, 5.74) is 1.36. The van der Waals surface area contributed by atoms with Gasteiger partial charge in [0, 0.05) is 35.9 Å². The van der Waals surface area contributed by atoms with Crippen molar-refractivity contribution in [1.82, 2.24) is 9.88 Å². The van der Waals surface area contributed by atoms with Crippen molar-refractivity contribution in [2.75, 3.05) is 13.1 Å². The monoisotopic (exact) mass is 338 g/mol. The van der Waals surface area contributed by atoms with E-state index in [4.69, 9.17) is 16.7 Å². The van der Waals surface area contributed by atoms with E-state index in [2.05, 4.69) is 4.98 Å². The Hall–Kier alpha value is -1.79. The van der Waals surface area contributed by atoms with Crippen molar-refractivity contribution in [2.45, 2.75) is 12.8 Å². The fourth-order valence-electron chi connectivity index (χ4n) is 2.74. The zero-order valence-corrected chi connectivity index (χ0v) is 13.3. The highest BCUT2D eigenvalue weighted by Crippen LogP contribution is 2.34. The first-order valence-electron chi connectivity index (χ1n) is 7.01. The zero-order chi connectivity index (χ0) is 15.7. The topological polar surface area (TPSA) is 73.4 Å². The molecule has 116 valence electrons. The van der Waals surface area contributed by atoms with E-state index in [1.54, 1.807) is 23.4 Å². The Morgan fingerprint density at radius 3 is 2.86 bits per heavy atom. The molecular formula is C15H15ClN2O3S. The largest absolute Gasteiger partial charge is 0.481 e. The summed E-state index contributed by atoms with van der Waals surface area (Å²) in [6.45, 7) is 0.864. The molecule has 1 aliphatic heterocycles. The third kappa shape index (κ3) is 2.89. The van der Waals surface area contributed by atoms with Gasteiger partial charge < -0.3 is 15.0 Å². The number of carbonyl (C=O) groups is 2. The van der Waals surface area contributed by atoms with Crippen LogP contribution >= 0.6 is 22.9 Å². The van der Waals surface area contributed by atoms with Gasteiger partial charge in [-0.3, -0.25) is 9.59 Å². The molecule has 1 atom stereocenters. The van der Waals surface area contributed by atoms with E-state index in [0.29, 0.717) is 29.3 Å². The molecule has 0 aromatic carbocycles. The summed E-state index contributed by atoms with van der Waals surface area (Å²) < 4.78 is 0.665. The Balaban J connectivity index is 1.84. The van der Waals surface area contributed by atoms with Crippen molar-refractivity contribution >= 4 is 34.8 Å². The lowest BCUT2D eigenvalue weighted by molar-refractivity contribution is -0.143. The second-order valence-corrected chi connectivity index (χ2v) is 7.03. The maximum Gasteiger partial charge on any atom is 0.308 e. The molecule has 1 amide bonds. The molecule has 0 bridgehead atoms. The van der Waals surface area contributed by atoms with Crippen molar-refractivity contribution in [3.8, 4) is 10.4 Å². The normalized spacial score (nSPS) is 18.4. The van der Waals surface area contributed by atoms with Crippen LogP contribution in [0.5, 0.6) is 0 Å². The van der Waals surface area contributed by atoms with Gasteiger partial charge in [0.2, 0.25) is 0 Å². The molecule has 1 saturated heterocycles. The Bertz CT molecular complexity index is 709. The van der Waals surface area contributed by atoms with Crippen LogP contribution in [0.2, 0.25) is 4.34 Å². The maximum absolute atomic E-state index is 12.7. The molecule has 1 aliphatic rings. The van der Waals surface area contributed by atoms with Crippen LogP contribution in [0.4, 0.5) is 0 Å². The fraction of sp³-hybridized carbons (Fsp3) is 0.333. The summed E-state index contributed by atoms with van der Waals surface area (Å²) in [6.07, 6.45) is 4.77. The highest BCUT2D eigenvalue weighted by atomic mass is 35.5. The quantitative estimate of drug-likeness (QED) is 0.901. The third-order valence-corrected chi connectivity index (χ3v) is 5.14. The van der Waals surface area contributed by atoms with Crippen molar-refractivity contribution in [1.29, 1.82) is 0 Å². The third-order valence-electron chi connectivity index (χ3n) is 3.87. The van der Waals surface area contributed by atoms with Crippen molar-refractivity contribution < 1.29 is 14.7 Å². The van der Waals surface area contributed by atoms with Gasteiger partial charge in [-0.1, -0.05) is 11.6 Å². The van der Waals surface area contributed by atoms with Crippen LogP contribution < -0.4 is 0 Å². The summed E-state index contributed by atoms with van der Waals surface area (Å²) >= 11 is 7.37. The molecule has 3 heterocycles. The summed E-state index contributed by atoms with van der Waals surface area (Å²) in [5, 5.41) is 9.15. The number of likely N-dealkylation sites (tertiary alicyclic amines) is 1. The van der Waals surface area contributed by atoms with Gasteiger partial charge in [0.05, 0.1) is 15.8 Å². The molecule has 0 aliphatic carbocycles. The molecule has 2 N–H and O–H groups in total. The number of nitrogens with one attached hydrogen (secondary N) is 1. The molecule has 2 aromatic rings. The highest BCUT2D eigenvalue weighted by molar-refractivity contribution is 7.19. The van der Waals surface area contributed by atoms with E-state index in [0.717, 1.165) is 10.4 Å². The van der Waals surface area contributed by atoms with E-state index in [1.807, 2.05) is 6.07 Å². The van der Waals surface area contributed by atoms with E-state index < -0.39 is 11.9 Å².